The molecule has 1 unspecified atom stereocenters. The number of ether oxygens (including phenoxy) is 1. The van der Waals surface area contributed by atoms with Gasteiger partial charge in [-0.1, -0.05) is 98.1 Å². The van der Waals surface area contributed by atoms with Gasteiger partial charge in [-0.25, -0.2) is 12.7 Å². The van der Waals surface area contributed by atoms with Crippen molar-refractivity contribution in [2.75, 3.05) is 33.2 Å². The molecule has 1 aliphatic carbocycles. The van der Waals surface area contributed by atoms with Crippen LogP contribution < -0.4 is 5.32 Å². The van der Waals surface area contributed by atoms with E-state index in [0.717, 1.165) is 50.0 Å². The highest BCUT2D eigenvalue weighted by Crippen LogP contribution is 2.29. The summed E-state index contributed by atoms with van der Waals surface area (Å²) in [5.41, 5.74) is 2.14. The second-order valence-electron chi connectivity index (χ2n) is 12.8. The summed E-state index contributed by atoms with van der Waals surface area (Å²) in [5.74, 6) is 0.459. The van der Waals surface area contributed by atoms with E-state index in [1.807, 2.05) is 54.6 Å². The number of sulfonamides is 1. The van der Waals surface area contributed by atoms with Gasteiger partial charge in [0, 0.05) is 26.7 Å². The zero-order chi connectivity index (χ0) is 31.5. The van der Waals surface area contributed by atoms with Gasteiger partial charge >= 0.3 is 5.97 Å². The van der Waals surface area contributed by atoms with Crippen LogP contribution in [-0.4, -0.2) is 63.0 Å². The van der Waals surface area contributed by atoms with Gasteiger partial charge in [-0.2, -0.15) is 0 Å². The molecule has 45 heavy (non-hydrogen) atoms. The number of nitrogens with zero attached hydrogens (tertiary/aromatic N) is 2. The van der Waals surface area contributed by atoms with Crippen LogP contribution in [0.3, 0.4) is 0 Å². The summed E-state index contributed by atoms with van der Waals surface area (Å²) in [6.07, 6.45) is 8.82. The number of hydrogen-bond donors (Lipinski definition) is 1. The molecule has 1 N–H and O–H groups in total. The van der Waals surface area contributed by atoms with Crippen LogP contribution in [0.1, 0.15) is 68.4 Å². The molecule has 1 heterocycles. The summed E-state index contributed by atoms with van der Waals surface area (Å²) in [6, 6.07) is 28.8. The minimum absolute atomic E-state index is 0.0299. The maximum atomic E-state index is 13.4. The van der Waals surface area contributed by atoms with Gasteiger partial charge in [0.25, 0.3) is 0 Å². The average Bonchev–Trinajstić information content (AvgIpc) is 3.09. The Kier molecular flexibility index (Phi) is 12.2. The molecule has 8 heteroatoms. The normalized spacial score (nSPS) is 20.6. The molecule has 0 spiro atoms. The Bertz CT molecular complexity index is 1420. The van der Waals surface area contributed by atoms with Gasteiger partial charge < -0.3 is 10.1 Å². The van der Waals surface area contributed by atoms with Gasteiger partial charge in [-0.3, -0.25) is 9.69 Å². The molecule has 0 aromatic heterocycles. The summed E-state index contributed by atoms with van der Waals surface area (Å²) >= 11 is 0. The zero-order valence-corrected chi connectivity index (χ0v) is 27.4. The average molecular weight is 632 g/mol. The topological polar surface area (TPSA) is 79.0 Å². The van der Waals surface area contributed by atoms with Gasteiger partial charge in [0.05, 0.1) is 17.0 Å². The molecular formula is C37H49N3O4S. The fourth-order valence-electron chi connectivity index (χ4n) is 6.84. The smallest absolute Gasteiger partial charge is 0.309 e. The van der Waals surface area contributed by atoms with Crippen molar-refractivity contribution in [2.45, 2.75) is 75.0 Å². The number of esters is 1. The molecule has 0 radical (unpaired) electrons. The zero-order valence-electron chi connectivity index (χ0n) is 26.6. The lowest BCUT2D eigenvalue weighted by Gasteiger charge is -2.40. The fraction of sp³-hybridized carbons (Fsp3) is 0.486. The number of piperidine rings is 1. The lowest BCUT2D eigenvalue weighted by Crippen LogP contribution is -2.53. The maximum Gasteiger partial charge on any atom is 0.309 e. The predicted molar refractivity (Wildman–Crippen MR) is 179 cm³/mol. The van der Waals surface area contributed by atoms with Crippen molar-refractivity contribution in [2.24, 2.45) is 11.8 Å². The third-order valence-corrected chi connectivity index (χ3v) is 11.4. The monoisotopic (exact) mass is 631 g/mol. The summed E-state index contributed by atoms with van der Waals surface area (Å²) in [4.78, 5) is 16.0. The fourth-order valence-corrected chi connectivity index (χ4v) is 8.08. The second kappa shape index (κ2) is 16.5. The molecular weight excluding hydrogens is 582 g/mol. The Morgan fingerprint density at radius 2 is 1.56 bits per heavy atom. The Morgan fingerprint density at radius 1 is 0.911 bits per heavy atom. The molecule has 2 fully saturated rings. The van der Waals surface area contributed by atoms with Crippen molar-refractivity contribution in [3.05, 3.63) is 102 Å². The minimum Gasteiger partial charge on any atom is -0.461 e. The quantitative estimate of drug-likeness (QED) is 0.207. The molecule has 5 rings (SSSR count). The first-order valence-electron chi connectivity index (χ1n) is 16.6. The van der Waals surface area contributed by atoms with Crippen molar-refractivity contribution in [3.8, 4) is 0 Å². The third kappa shape index (κ3) is 9.49. The van der Waals surface area contributed by atoms with E-state index in [2.05, 4.69) is 22.3 Å². The van der Waals surface area contributed by atoms with Crippen LogP contribution in [0.5, 0.6) is 0 Å². The van der Waals surface area contributed by atoms with E-state index in [4.69, 9.17) is 4.74 Å². The van der Waals surface area contributed by atoms with Gasteiger partial charge in [0.15, 0.2) is 0 Å². The number of rotatable bonds is 14. The number of carbonyl (C=O) groups is 1. The summed E-state index contributed by atoms with van der Waals surface area (Å²) in [6.45, 7) is 3.27. The first-order valence-corrected chi connectivity index (χ1v) is 18.1. The standard InChI is InChI=1S/C37H49N3O4S/c1-39(45(42,43)35-20-12-5-13-21-35)28-34(32-18-10-4-11-19-32)23-25-40-24-22-33(37(41)44-29-31-16-8-3-9-17-31)26-36(40)38-27-30-14-6-2-7-15-30/h3-5,8-13,16-21,30,33-34,36,38H,2,6-7,14-15,22-29H2,1H3/t33-,34?,36+/m0/s1. The molecule has 1 saturated heterocycles. The molecule has 1 saturated carbocycles. The van der Waals surface area contributed by atoms with E-state index < -0.39 is 10.0 Å². The number of carbonyl (C=O) groups excluding carboxylic acids is 1. The van der Waals surface area contributed by atoms with Crippen LogP contribution in [0, 0.1) is 11.8 Å². The highest BCUT2D eigenvalue weighted by atomic mass is 32.2. The Labute approximate surface area is 270 Å². The van der Waals surface area contributed by atoms with Gasteiger partial charge in [0.1, 0.15) is 6.61 Å². The number of likely N-dealkylation sites (N-methyl/N-ethyl adjacent to an activating group) is 1. The van der Waals surface area contributed by atoms with Crippen LogP contribution in [0.2, 0.25) is 0 Å². The van der Waals surface area contributed by atoms with E-state index >= 15 is 0 Å². The number of nitrogens with one attached hydrogen (secondary N) is 1. The highest BCUT2D eigenvalue weighted by Gasteiger charge is 2.34. The molecule has 3 aromatic carbocycles. The largest absolute Gasteiger partial charge is 0.461 e. The van der Waals surface area contributed by atoms with Crippen molar-refractivity contribution in [1.29, 1.82) is 0 Å². The van der Waals surface area contributed by atoms with E-state index in [1.165, 1.54) is 36.4 Å². The van der Waals surface area contributed by atoms with Gasteiger partial charge in [0.2, 0.25) is 10.0 Å². The SMILES string of the molecule is CN(CC(CCN1CC[C@H](C(=O)OCc2ccccc2)C[C@@H]1NCC1CCCCC1)c1ccccc1)S(=O)(=O)c1ccccc1. The van der Waals surface area contributed by atoms with Gasteiger partial charge in [-0.15, -0.1) is 0 Å². The molecule has 242 valence electrons. The Morgan fingerprint density at radius 3 is 2.24 bits per heavy atom. The molecule has 2 aliphatic rings. The van der Waals surface area contributed by atoms with Crippen LogP contribution >= 0.6 is 0 Å². The molecule has 0 amide bonds. The lowest BCUT2D eigenvalue weighted by atomic mass is 9.88. The Hall–Kier alpha value is -3.04. The van der Waals surface area contributed by atoms with Crippen molar-refractivity contribution in [3.63, 3.8) is 0 Å². The summed E-state index contributed by atoms with van der Waals surface area (Å²) in [5, 5.41) is 3.86. The van der Waals surface area contributed by atoms with Crippen LogP contribution in [0.25, 0.3) is 0 Å². The number of benzene rings is 3. The third-order valence-electron chi connectivity index (χ3n) is 9.60. The van der Waals surface area contributed by atoms with Gasteiger partial charge in [-0.05, 0) is 73.7 Å². The van der Waals surface area contributed by atoms with Crippen molar-refractivity contribution >= 4 is 16.0 Å². The minimum atomic E-state index is -3.60. The van der Waals surface area contributed by atoms with Crippen molar-refractivity contribution in [1.82, 2.24) is 14.5 Å². The van der Waals surface area contributed by atoms with E-state index in [9.17, 15) is 13.2 Å². The molecule has 7 nitrogen and oxygen atoms in total. The van der Waals surface area contributed by atoms with Crippen molar-refractivity contribution < 1.29 is 17.9 Å². The first-order chi connectivity index (χ1) is 21.9. The number of likely N-dealkylation sites (tertiary alicyclic amines) is 1. The Balaban J connectivity index is 1.25. The van der Waals surface area contributed by atoms with Crippen LogP contribution in [0.4, 0.5) is 0 Å². The van der Waals surface area contributed by atoms with Crippen LogP contribution in [-0.2, 0) is 26.2 Å². The first kappa shape index (κ1) is 33.3. The summed E-state index contributed by atoms with van der Waals surface area (Å²) in [7, 11) is -1.92. The second-order valence-corrected chi connectivity index (χ2v) is 14.8. The maximum absolute atomic E-state index is 13.4. The molecule has 0 bridgehead atoms. The summed E-state index contributed by atoms with van der Waals surface area (Å²) < 4.78 is 34.1. The van der Waals surface area contributed by atoms with E-state index in [1.54, 1.807) is 31.3 Å². The predicted octanol–water partition coefficient (Wildman–Crippen LogP) is 6.43. The number of hydrogen-bond acceptors (Lipinski definition) is 6. The van der Waals surface area contributed by atoms with Crippen LogP contribution in [0.15, 0.2) is 95.9 Å². The highest BCUT2D eigenvalue weighted by molar-refractivity contribution is 7.89. The van der Waals surface area contributed by atoms with E-state index in [-0.39, 0.29) is 24.0 Å². The molecule has 1 aliphatic heterocycles. The molecule has 3 atom stereocenters. The van der Waals surface area contributed by atoms with E-state index in [0.29, 0.717) is 24.0 Å². The molecule has 3 aromatic rings. The lowest BCUT2D eigenvalue weighted by molar-refractivity contribution is -0.152.